The fourth-order valence-corrected chi connectivity index (χ4v) is 5.40. The summed E-state index contributed by atoms with van der Waals surface area (Å²) in [4.78, 5) is 45.7. The number of nitrogens with two attached hydrogens (primary N) is 1. The molecule has 0 aromatic heterocycles. The van der Waals surface area contributed by atoms with Gasteiger partial charge in [0.25, 0.3) is 0 Å². The number of phosphoric acid groups is 1. The molecule has 0 saturated heterocycles. The Morgan fingerprint density at radius 3 is 1.66 bits per heavy atom. The zero-order chi connectivity index (χ0) is 39.3. The maximum absolute atomic E-state index is 12.6. The summed E-state index contributed by atoms with van der Waals surface area (Å²) >= 11 is 0. The number of phosphoric ester groups is 1. The van der Waals surface area contributed by atoms with Crippen molar-refractivity contribution in [3.05, 3.63) is 72.9 Å². The van der Waals surface area contributed by atoms with E-state index in [0.29, 0.717) is 19.3 Å². The van der Waals surface area contributed by atoms with E-state index in [9.17, 15) is 23.8 Å². The van der Waals surface area contributed by atoms with E-state index in [-0.39, 0.29) is 19.4 Å². The standard InChI is InChI=1S/C41H68NO10P/c1-3-5-7-9-11-13-15-17-18-19-20-21-23-25-27-29-31-33-40(44)52-37(35-50-53(47,48)51-36-38(42)41(45)46)34-49-39(43)32-30-28-26-24-22-16-14-12-10-8-6-4-2/h5,7,11-14,17-18,20-21,25,27,37-38H,3-4,6,8-10,15-16,19,22-24,26,28-36,42H2,1-2H3,(H,45,46)(H,47,48)/b7-5+,13-11+,14-12+,18-17+,21-20+,27-25+/t37-,38+/m1/s1. The van der Waals surface area contributed by atoms with E-state index >= 15 is 0 Å². The molecule has 0 spiro atoms. The first-order chi connectivity index (χ1) is 25.6. The lowest BCUT2D eigenvalue weighted by atomic mass is 10.1. The van der Waals surface area contributed by atoms with Gasteiger partial charge in [-0.15, -0.1) is 0 Å². The van der Waals surface area contributed by atoms with Gasteiger partial charge in [-0.2, -0.15) is 0 Å². The second-order valence-electron chi connectivity index (χ2n) is 12.7. The number of hydrogen-bond acceptors (Lipinski definition) is 9. The van der Waals surface area contributed by atoms with Crippen molar-refractivity contribution in [1.29, 1.82) is 0 Å². The van der Waals surface area contributed by atoms with Crippen LogP contribution in [0.25, 0.3) is 0 Å². The van der Waals surface area contributed by atoms with Crippen LogP contribution in [0.15, 0.2) is 72.9 Å². The zero-order valence-corrected chi connectivity index (χ0v) is 33.2. The average Bonchev–Trinajstić information content (AvgIpc) is 3.13. The van der Waals surface area contributed by atoms with Gasteiger partial charge in [-0.25, -0.2) is 4.57 Å². The summed E-state index contributed by atoms with van der Waals surface area (Å²) in [5, 5.41) is 8.86. The van der Waals surface area contributed by atoms with Crippen molar-refractivity contribution >= 4 is 25.7 Å². The van der Waals surface area contributed by atoms with Gasteiger partial charge in [0.05, 0.1) is 13.2 Å². The van der Waals surface area contributed by atoms with E-state index in [0.717, 1.165) is 70.6 Å². The van der Waals surface area contributed by atoms with Crippen molar-refractivity contribution in [2.45, 2.75) is 148 Å². The van der Waals surface area contributed by atoms with Crippen LogP contribution in [0.3, 0.4) is 0 Å². The molecule has 302 valence electrons. The van der Waals surface area contributed by atoms with Crippen molar-refractivity contribution in [2.24, 2.45) is 5.73 Å². The van der Waals surface area contributed by atoms with Gasteiger partial charge in [0, 0.05) is 12.8 Å². The van der Waals surface area contributed by atoms with Crippen LogP contribution in [-0.4, -0.2) is 59.9 Å². The largest absolute Gasteiger partial charge is 0.480 e. The van der Waals surface area contributed by atoms with Gasteiger partial charge in [-0.05, 0) is 77.0 Å². The van der Waals surface area contributed by atoms with Crippen molar-refractivity contribution in [1.82, 2.24) is 0 Å². The number of carbonyl (C=O) groups is 3. The van der Waals surface area contributed by atoms with Gasteiger partial charge in [0.1, 0.15) is 12.6 Å². The van der Waals surface area contributed by atoms with E-state index in [1.807, 2.05) is 12.2 Å². The number of ether oxygens (including phenoxy) is 2. The summed E-state index contributed by atoms with van der Waals surface area (Å²) in [7, 11) is -4.73. The third-order valence-corrected chi connectivity index (χ3v) is 8.64. The molecule has 1 unspecified atom stereocenters. The summed E-state index contributed by atoms with van der Waals surface area (Å²) in [6.45, 7) is 2.56. The van der Waals surface area contributed by atoms with Gasteiger partial charge in [0.2, 0.25) is 0 Å². The van der Waals surface area contributed by atoms with Crippen LogP contribution >= 0.6 is 7.82 Å². The van der Waals surface area contributed by atoms with Crippen LogP contribution in [0.5, 0.6) is 0 Å². The predicted octanol–water partition coefficient (Wildman–Crippen LogP) is 9.78. The normalized spacial score (nSPS) is 14.6. The second-order valence-corrected chi connectivity index (χ2v) is 14.1. The lowest BCUT2D eigenvalue weighted by molar-refractivity contribution is -0.161. The molecule has 0 heterocycles. The fourth-order valence-electron chi connectivity index (χ4n) is 4.62. The first-order valence-corrected chi connectivity index (χ1v) is 21.0. The Hall–Kier alpha value is -3.08. The van der Waals surface area contributed by atoms with Gasteiger partial charge in [-0.3, -0.25) is 23.4 Å². The summed E-state index contributed by atoms with van der Waals surface area (Å²) in [6, 6.07) is -1.53. The highest BCUT2D eigenvalue weighted by Crippen LogP contribution is 2.43. The Morgan fingerprint density at radius 2 is 1.08 bits per heavy atom. The number of esters is 2. The molecule has 4 N–H and O–H groups in total. The van der Waals surface area contributed by atoms with E-state index < -0.39 is 51.1 Å². The summed E-state index contributed by atoms with van der Waals surface area (Å²) in [5.74, 6) is -2.48. The minimum absolute atomic E-state index is 0.0775. The topological polar surface area (TPSA) is 172 Å². The molecule has 11 nitrogen and oxygen atoms in total. The highest BCUT2D eigenvalue weighted by Gasteiger charge is 2.28. The van der Waals surface area contributed by atoms with Crippen LogP contribution in [0.2, 0.25) is 0 Å². The maximum Gasteiger partial charge on any atom is 0.472 e. The van der Waals surface area contributed by atoms with E-state index in [4.69, 9.17) is 24.8 Å². The third kappa shape index (κ3) is 35.7. The molecule has 0 saturated carbocycles. The molecular formula is C41H68NO10P. The van der Waals surface area contributed by atoms with Gasteiger partial charge < -0.3 is 25.2 Å². The molecule has 0 aliphatic rings. The third-order valence-electron chi connectivity index (χ3n) is 7.69. The number of allylic oxidation sites excluding steroid dienone is 12. The van der Waals surface area contributed by atoms with Gasteiger partial charge in [0.15, 0.2) is 6.10 Å². The molecular weight excluding hydrogens is 697 g/mol. The monoisotopic (exact) mass is 765 g/mol. The number of carboxylic acids is 1. The van der Waals surface area contributed by atoms with Crippen LogP contribution in [0, 0.1) is 0 Å². The van der Waals surface area contributed by atoms with Crippen LogP contribution in [0.1, 0.15) is 136 Å². The Kier molecular flexibility index (Phi) is 33.8. The van der Waals surface area contributed by atoms with Crippen LogP contribution < -0.4 is 5.73 Å². The minimum atomic E-state index is -4.73. The number of carbonyl (C=O) groups excluding carboxylic acids is 2. The molecule has 0 amide bonds. The molecule has 12 heteroatoms. The van der Waals surface area contributed by atoms with E-state index in [1.165, 1.54) is 19.3 Å². The molecule has 0 rings (SSSR count). The van der Waals surface area contributed by atoms with E-state index in [1.54, 1.807) is 0 Å². The molecule has 0 fully saturated rings. The van der Waals surface area contributed by atoms with Gasteiger partial charge in [-0.1, -0.05) is 119 Å². The lowest BCUT2D eigenvalue weighted by Gasteiger charge is -2.20. The number of aliphatic carboxylic acids is 1. The smallest absolute Gasteiger partial charge is 0.472 e. The molecule has 3 atom stereocenters. The Balaban J connectivity index is 4.57. The first kappa shape index (κ1) is 49.9. The van der Waals surface area contributed by atoms with Crippen molar-refractivity contribution in [3.8, 4) is 0 Å². The van der Waals surface area contributed by atoms with Crippen molar-refractivity contribution < 1.29 is 47.5 Å². The Labute approximate surface area is 319 Å². The number of hydrogen-bond donors (Lipinski definition) is 3. The van der Waals surface area contributed by atoms with E-state index in [2.05, 4.69) is 79.1 Å². The number of rotatable bonds is 35. The van der Waals surface area contributed by atoms with Crippen molar-refractivity contribution in [2.75, 3.05) is 19.8 Å². The minimum Gasteiger partial charge on any atom is -0.480 e. The summed E-state index contributed by atoms with van der Waals surface area (Å²) in [6.07, 6.45) is 41.2. The number of unbranched alkanes of at least 4 members (excludes halogenated alkanes) is 9. The molecule has 53 heavy (non-hydrogen) atoms. The summed E-state index contributed by atoms with van der Waals surface area (Å²) in [5.41, 5.74) is 5.31. The predicted molar refractivity (Wildman–Crippen MR) is 212 cm³/mol. The average molecular weight is 766 g/mol. The summed E-state index contributed by atoms with van der Waals surface area (Å²) < 4.78 is 32.5. The molecule has 0 aromatic rings. The second kappa shape index (κ2) is 35.9. The first-order valence-electron chi connectivity index (χ1n) is 19.5. The zero-order valence-electron chi connectivity index (χ0n) is 32.3. The fraction of sp³-hybridized carbons (Fsp3) is 0.634. The molecule has 0 aromatic carbocycles. The lowest BCUT2D eigenvalue weighted by Crippen LogP contribution is -2.34. The molecule has 0 aliphatic heterocycles. The highest BCUT2D eigenvalue weighted by molar-refractivity contribution is 7.47. The van der Waals surface area contributed by atoms with Crippen molar-refractivity contribution in [3.63, 3.8) is 0 Å². The SMILES string of the molecule is CC/C=C/C/C=C/C/C=C/C/C=C/C/C=C/CCCC(=O)O[C@H](COC(=O)CCCCCCC/C=C/CCCCC)COP(=O)(O)OC[C@H](N)C(=O)O. The quantitative estimate of drug-likeness (QED) is 0.0243. The highest BCUT2D eigenvalue weighted by atomic mass is 31.2. The molecule has 0 aliphatic carbocycles. The Bertz CT molecular complexity index is 1180. The molecule has 0 bridgehead atoms. The van der Waals surface area contributed by atoms with Gasteiger partial charge >= 0.3 is 25.7 Å². The van der Waals surface area contributed by atoms with Crippen LogP contribution in [-0.2, 0) is 37.5 Å². The maximum atomic E-state index is 12.6. The molecule has 0 radical (unpaired) electrons. The number of carboxylic acid groups (broad SMARTS) is 1. The Morgan fingerprint density at radius 1 is 0.604 bits per heavy atom. The van der Waals surface area contributed by atoms with Crippen LogP contribution in [0.4, 0.5) is 0 Å².